The third-order valence-electron chi connectivity index (χ3n) is 2.64. The fraction of sp³-hybridized carbons (Fsp3) is 0.250. The highest BCUT2D eigenvalue weighted by Gasteiger charge is 2.13. The lowest BCUT2D eigenvalue weighted by Crippen LogP contribution is -2.10. The van der Waals surface area contributed by atoms with Gasteiger partial charge in [-0.05, 0) is 22.4 Å². The predicted molar refractivity (Wildman–Crippen MR) is 84.5 cm³/mol. The molecule has 9 heteroatoms. The summed E-state index contributed by atoms with van der Waals surface area (Å²) in [4.78, 5) is 17.2. The molecule has 0 fully saturated rings. The van der Waals surface area contributed by atoms with Gasteiger partial charge in [-0.1, -0.05) is 6.92 Å². The zero-order valence-corrected chi connectivity index (χ0v) is 13.6. The van der Waals surface area contributed by atoms with E-state index in [0.717, 1.165) is 23.0 Å². The van der Waals surface area contributed by atoms with E-state index in [1.54, 1.807) is 17.7 Å². The number of halogens is 1. The predicted octanol–water partition coefficient (Wildman–Crippen LogP) is 2.77. The van der Waals surface area contributed by atoms with Crippen LogP contribution >= 0.6 is 27.3 Å². The molecule has 0 amide bonds. The number of nitrogens with zero attached hydrogens (tertiary/aromatic N) is 6. The van der Waals surface area contributed by atoms with Crippen molar-refractivity contribution in [3.8, 4) is 17.3 Å². The molecule has 7 nitrogen and oxygen atoms in total. The molecule has 0 bridgehead atoms. The molecule has 1 N–H and O–H groups in total. The SMILES string of the molecule is CCCNc1nc(-c2cscc2Br)nc(-n2cncn2)n1. The van der Waals surface area contributed by atoms with Crippen molar-refractivity contribution in [3.05, 3.63) is 27.9 Å². The third kappa shape index (κ3) is 3.08. The van der Waals surface area contributed by atoms with E-state index in [1.807, 2.05) is 10.8 Å². The van der Waals surface area contributed by atoms with Crippen LogP contribution in [0.2, 0.25) is 0 Å². The van der Waals surface area contributed by atoms with Crippen LogP contribution in [0.25, 0.3) is 17.3 Å². The van der Waals surface area contributed by atoms with E-state index in [1.165, 1.54) is 11.0 Å². The molecule has 3 heterocycles. The Balaban J connectivity index is 2.07. The Hall–Kier alpha value is -1.87. The van der Waals surface area contributed by atoms with E-state index in [-0.39, 0.29) is 0 Å². The Bertz CT molecular complexity index is 725. The highest BCUT2D eigenvalue weighted by Crippen LogP contribution is 2.29. The lowest BCUT2D eigenvalue weighted by atomic mass is 10.3. The molecule has 0 aliphatic heterocycles. The van der Waals surface area contributed by atoms with Gasteiger partial charge in [-0.25, -0.2) is 4.98 Å². The Morgan fingerprint density at radius 2 is 2.19 bits per heavy atom. The second-order valence-electron chi connectivity index (χ2n) is 4.18. The van der Waals surface area contributed by atoms with E-state index in [9.17, 15) is 0 Å². The topological polar surface area (TPSA) is 81.4 Å². The summed E-state index contributed by atoms with van der Waals surface area (Å²) in [5.41, 5.74) is 0.934. The van der Waals surface area contributed by atoms with Crippen LogP contribution in [0.1, 0.15) is 13.3 Å². The molecule has 3 aromatic rings. The molecule has 0 unspecified atom stereocenters. The highest BCUT2D eigenvalue weighted by atomic mass is 79.9. The summed E-state index contributed by atoms with van der Waals surface area (Å²) in [6, 6.07) is 0. The largest absolute Gasteiger partial charge is 0.354 e. The van der Waals surface area contributed by atoms with Gasteiger partial charge in [0.25, 0.3) is 5.95 Å². The van der Waals surface area contributed by atoms with Crippen LogP contribution in [0, 0.1) is 0 Å². The van der Waals surface area contributed by atoms with E-state index in [4.69, 9.17) is 0 Å². The lowest BCUT2D eigenvalue weighted by Gasteiger charge is -2.07. The Morgan fingerprint density at radius 1 is 1.29 bits per heavy atom. The fourth-order valence-electron chi connectivity index (χ4n) is 1.66. The molecule has 0 radical (unpaired) electrons. The first kappa shape index (κ1) is 14.1. The van der Waals surface area contributed by atoms with Crippen LogP contribution in [0.4, 0.5) is 5.95 Å². The standard InChI is InChI=1S/C12H12BrN7S/c1-2-3-15-11-17-10(8-4-21-5-9(8)13)18-12(19-11)20-7-14-6-16-20/h4-7H,2-3H2,1H3,(H,15,17,18,19). The number of nitrogens with one attached hydrogen (secondary N) is 1. The van der Waals surface area contributed by atoms with Crippen molar-refractivity contribution in [3.63, 3.8) is 0 Å². The Morgan fingerprint density at radius 3 is 2.86 bits per heavy atom. The second kappa shape index (κ2) is 6.27. The van der Waals surface area contributed by atoms with Crippen LogP contribution in [0.15, 0.2) is 27.9 Å². The molecule has 0 aromatic carbocycles. The average Bonchev–Trinajstić information content (AvgIpc) is 3.16. The second-order valence-corrected chi connectivity index (χ2v) is 5.78. The molecular weight excluding hydrogens is 354 g/mol. The number of hydrogen-bond acceptors (Lipinski definition) is 7. The maximum Gasteiger partial charge on any atom is 0.257 e. The smallest absolute Gasteiger partial charge is 0.257 e. The van der Waals surface area contributed by atoms with Gasteiger partial charge in [0.15, 0.2) is 5.82 Å². The summed E-state index contributed by atoms with van der Waals surface area (Å²) in [5.74, 6) is 1.57. The minimum atomic E-state index is 0.439. The molecule has 21 heavy (non-hydrogen) atoms. The van der Waals surface area contributed by atoms with E-state index >= 15 is 0 Å². The molecule has 0 aliphatic rings. The van der Waals surface area contributed by atoms with Crippen LogP contribution in [-0.2, 0) is 0 Å². The highest BCUT2D eigenvalue weighted by molar-refractivity contribution is 9.10. The van der Waals surface area contributed by atoms with Gasteiger partial charge >= 0.3 is 0 Å². The summed E-state index contributed by atoms with van der Waals surface area (Å²) in [6.07, 6.45) is 4.00. The van der Waals surface area contributed by atoms with Gasteiger partial charge in [-0.15, -0.1) is 0 Å². The first-order valence-corrected chi connectivity index (χ1v) is 8.08. The molecule has 3 rings (SSSR count). The fourth-order valence-corrected chi connectivity index (χ4v) is 3.11. The third-order valence-corrected chi connectivity index (χ3v) is 4.34. The molecule has 0 spiro atoms. The minimum absolute atomic E-state index is 0.439. The molecular formula is C12H12BrN7S. The molecule has 0 saturated heterocycles. The Kier molecular flexibility index (Phi) is 4.20. The molecule has 0 aliphatic carbocycles. The molecule has 3 aromatic heterocycles. The van der Waals surface area contributed by atoms with Crippen molar-refractivity contribution in [1.29, 1.82) is 0 Å². The van der Waals surface area contributed by atoms with Crippen molar-refractivity contribution >= 4 is 33.2 Å². The van der Waals surface area contributed by atoms with Crippen molar-refractivity contribution in [1.82, 2.24) is 29.7 Å². The minimum Gasteiger partial charge on any atom is -0.354 e. The normalized spacial score (nSPS) is 10.8. The van der Waals surface area contributed by atoms with Crippen molar-refractivity contribution in [2.24, 2.45) is 0 Å². The van der Waals surface area contributed by atoms with E-state index in [0.29, 0.717) is 17.7 Å². The van der Waals surface area contributed by atoms with Crippen molar-refractivity contribution in [2.75, 3.05) is 11.9 Å². The van der Waals surface area contributed by atoms with Gasteiger partial charge in [-0.3, -0.25) is 0 Å². The zero-order chi connectivity index (χ0) is 14.7. The van der Waals surface area contributed by atoms with Crippen LogP contribution in [0.5, 0.6) is 0 Å². The molecule has 0 atom stereocenters. The van der Waals surface area contributed by atoms with Gasteiger partial charge in [0.2, 0.25) is 5.95 Å². The monoisotopic (exact) mass is 365 g/mol. The van der Waals surface area contributed by atoms with Gasteiger partial charge in [0, 0.05) is 27.3 Å². The zero-order valence-electron chi connectivity index (χ0n) is 11.2. The van der Waals surface area contributed by atoms with Crippen LogP contribution in [0.3, 0.4) is 0 Å². The average molecular weight is 366 g/mol. The Labute approximate surface area is 133 Å². The molecule has 108 valence electrons. The summed E-state index contributed by atoms with van der Waals surface area (Å²) in [7, 11) is 0. The number of rotatable bonds is 5. The number of hydrogen-bond donors (Lipinski definition) is 1. The van der Waals surface area contributed by atoms with Crippen molar-refractivity contribution < 1.29 is 0 Å². The van der Waals surface area contributed by atoms with Gasteiger partial charge < -0.3 is 5.32 Å². The van der Waals surface area contributed by atoms with E-state index < -0.39 is 0 Å². The first-order chi connectivity index (χ1) is 10.3. The maximum absolute atomic E-state index is 4.47. The van der Waals surface area contributed by atoms with Crippen LogP contribution < -0.4 is 5.32 Å². The van der Waals surface area contributed by atoms with Gasteiger partial charge in [-0.2, -0.15) is 36.1 Å². The summed E-state index contributed by atoms with van der Waals surface area (Å²) < 4.78 is 2.48. The number of aromatic nitrogens is 6. The number of anilines is 1. The van der Waals surface area contributed by atoms with Gasteiger partial charge in [0.05, 0.1) is 0 Å². The first-order valence-electron chi connectivity index (χ1n) is 6.35. The summed E-state index contributed by atoms with van der Waals surface area (Å²) in [5, 5.41) is 11.2. The summed E-state index contributed by atoms with van der Waals surface area (Å²) in [6.45, 7) is 2.88. The quantitative estimate of drug-likeness (QED) is 0.748. The summed E-state index contributed by atoms with van der Waals surface area (Å²) >= 11 is 5.09. The molecule has 0 saturated carbocycles. The van der Waals surface area contributed by atoms with Crippen LogP contribution in [-0.4, -0.2) is 36.3 Å². The lowest BCUT2D eigenvalue weighted by molar-refractivity contribution is 0.794. The number of thiophene rings is 1. The van der Waals surface area contributed by atoms with Crippen molar-refractivity contribution in [2.45, 2.75) is 13.3 Å². The van der Waals surface area contributed by atoms with Gasteiger partial charge in [0.1, 0.15) is 12.7 Å². The van der Waals surface area contributed by atoms with E-state index in [2.05, 4.69) is 53.2 Å². The maximum atomic E-state index is 4.47.